The van der Waals surface area contributed by atoms with Crippen LogP contribution >= 0.6 is 23.2 Å². The molecule has 9 nitrogen and oxygen atoms in total. The first-order valence-corrected chi connectivity index (χ1v) is 11.7. The van der Waals surface area contributed by atoms with Crippen molar-refractivity contribution in [2.24, 2.45) is 4.99 Å². The molecule has 2 aliphatic rings. The van der Waals surface area contributed by atoms with Gasteiger partial charge in [0.25, 0.3) is 11.6 Å². The van der Waals surface area contributed by atoms with E-state index in [9.17, 15) is 14.9 Å². The van der Waals surface area contributed by atoms with Gasteiger partial charge in [0.15, 0.2) is 5.82 Å². The summed E-state index contributed by atoms with van der Waals surface area (Å²) >= 11 is 13.1. The van der Waals surface area contributed by atoms with Gasteiger partial charge >= 0.3 is 0 Å². The summed E-state index contributed by atoms with van der Waals surface area (Å²) in [5.74, 6) is 0.227. The molecule has 1 aromatic heterocycles. The Morgan fingerprint density at radius 2 is 1.78 bits per heavy atom. The second-order valence-corrected chi connectivity index (χ2v) is 9.12. The normalized spacial score (nSPS) is 16.0. The Bertz CT molecular complexity index is 1610. The van der Waals surface area contributed by atoms with Gasteiger partial charge in [-0.25, -0.2) is 9.67 Å². The summed E-state index contributed by atoms with van der Waals surface area (Å²) in [6.07, 6.45) is 0. The fraction of sp³-hybridized carbons (Fsp3) is 0.0800. The van der Waals surface area contributed by atoms with E-state index in [0.717, 1.165) is 11.3 Å². The molecule has 0 saturated carbocycles. The summed E-state index contributed by atoms with van der Waals surface area (Å²) < 4.78 is 1.58. The number of aromatic nitrogens is 2. The third kappa shape index (κ3) is 3.28. The highest BCUT2D eigenvalue weighted by Gasteiger charge is 2.43. The van der Waals surface area contributed by atoms with Crippen LogP contribution in [0.15, 0.2) is 71.7 Å². The van der Waals surface area contributed by atoms with Crippen molar-refractivity contribution in [2.75, 3.05) is 10.2 Å². The lowest BCUT2D eigenvalue weighted by Gasteiger charge is -2.40. The maximum Gasteiger partial charge on any atom is 0.291 e. The highest BCUT2D eigenvalue weighted by molar-refractivity contribution is 6.50. The van der Waals surface area contributed by atoms with Crippen LogP contribution in [0.3, 0.4) is 0 Å². The van der Waals surface area contributed by atoms with Gasteiger partial charge in [0.2, 0.25) is 5.84 Å². The number of amidine groups is 1. The molecular weight excluding hydrogens is 503 g/mol. The van der Waals surface area contributed by atoms with Crippen LogP contribution in [-0.2, 0) is 4.79 Å². The third-order valence-electron chi connectivity index (χ3n) is 6.25. The smallest absolute Gasteiger partial charge is 0.291 e. The van der Waals surface area contributed by atoms with Crippen molar-refractivity contribution in [3.05, 3.63) is 104 Å². The number of para-hydroxylation sites is 2. The molecular formula is C25H16Cl2N6O3. The number of rotatable bonds is 3. The number of nitro groups is 1. The van der Waals surface area contributed by atoms with Crippen LogP contribution in [0, 0.1) is 17.0 Å². The zero-order chi connectivity index (χ0) is 25.1. The number of nitrogens with zero attached hydrogens (tertiary/aromatic N) is 5. The number of non-ortho nitro benzene ring substituents is 1. The van der Waals surface area contributed by atoms with Crippen LogP contribution in [0.5, 0.6) is 0 Å². The number of halogens is 2. The Kier molecular flexibility index (Phi) is 5.06. The number of nitro benzene ring substituents is 1. The first-order chi connectivity index (χ1) is 17.3. The monoisotopic (exact) mass is 518 g/mol. The zero-order valence-electron chi connectivity index (χ0n) is 18.6. The fourth-order valence-electron chi connectivity index (χ4n) is 4.66. The molecule has 2 aliphatic heterocycles. The first-order valence-electron chi connectivity index (χ1n) is 10.9. The summed E-state index contributed by atoms with van der Waals surface area (Å²) in [6.45, 7) is 1.85. The number of fused-ring (bicyclic) bond motifs is 4. The van der Waals surface area contributed by atoms with Crippen molar-refractivity contribution in [3.8, 4) is 5.69 Å². The molecule has 0 radical (unpaired) electrons. The van der Waals surface area contributed by atoms with Crippen molar-refractivity contribution < 1.29 is 9.72 Å². The van der Waals surface area contributed by atoms with Crippen molar-refractivity contribution >= 4 is 57.8 Å². The number of anilines is 2. The lowest BCUT2D eigenvalue weighted by molar-refractivity contribution is -0.384. The van der Waals surface area contributed by atoms with E-state index in [4.69, 9.17) is 33.3 Å². The molecule has 0 saturated heterocycles. The number of aliphatic imine (C=N–C) groups is 1. The maximum absolute atomic E-state index is 13.3. The number of aryl methyl sites for hydroxylation is 1. The van der Waals surface area contributed by atoms with E-state index >= 15 is 0 Å². The first kappa shape index (κ1) is 22.3. The molecule has 0 aliphatic carbocycles. The minimum Gasteiger partial charge on any atom is -0.317 e. The maximum atomic E-state index is 13.3. The topological polar surface area (TPSA) is 106 Å². The summed E-state index contributed by atoms with van der Waals surface area (Å²) in [5.41, 5.74) is 4.02. The molecule has 0 unspecified atom stereocenters. The molecule has 3 aromatic carbocycles. The van der Waals surface area contributed by atoms with Gasteiger partial charge in [-0.15, -0.1) is 0 Å². The molecule has 3 heterocycles. The number of amides is 1. The Morgan fingerprint density at radius 1 is 1.03 bits per heavy atom. The number of hydrogen-bond donors (Lipinski definition) is 1. The van der Waals surface area contributed by atoms with Gasteiger partial charge in [-0.05, 0) is 42.8 Å². The summed E-state index contributed by atoms with van der Waals surface area (Å²) in [5, 5.41) is 19.5. The Hall–Kier alpha value is -4.21. The minimum atomic E-state index is -0.558. The van der Waals surface area contributed by atoms with E-state index in [2.05, 4.69) is 5.32 Å². The summed E-state index contributed by atoms with van der Waals surface area (Å²) in [7, 11) is 0. The summed E-state index contributed by atoms with van der Waals surface area (Å²) in [4.78, 5) is 30.5. The van der Waals surface area contributed by atoms with Gasteiger partial charge in [0.1, 0.15) is 0 Å². The van der Waals surface area contributed by atoms with E-state index in [1.807, 2.05) is 42.2 Å². The quantitative estimate of drug-likeness (QED) is 0.265. The number of hydrogen-bond acceptors (Lipinski definition) is 6. The Balaban J connectivity index is 1.64. The molecule has 0 bridgehead atoms. The zero-order valence-corrected chi connectivity index (χ0v) is 20.2. The van der Waals surface area contributed by atoms with Crippen molar-refractivity contribution in [1.82, 2.24) is 9.78 Å². The molecule has 11 heteroatoms. The van der Waals surface area contributed by atoms with Gasteiger partial charge in [-0.3, -0.25) is 14.9 Å². The lowest BCUT2D eigenvalue weighted by atomic mass is 9.93. The van der Waals surface area contributed by atoms with Crippen molar-refractivity contribution in [2.45, 2.75) is 13.0 Å². The fourth-order valence-corrected chi connectivity index (χ4v) is 5.07. The van der Waals surface area contributed by atoms with Gasteiger partial charge in [0, 0.05) is 17.7 Å². The second-order valence-electron chi connectivity index (χ2n) is 8.33. The van der Waals surface area contributed by atoms with E-state index < -0.39 is 11.0 Å². The number of carbonyl (C=O) groups excluding carboxylic acids is 1. The SMILES string of the molecule is Cc1nn(-c2ccc([N+](=O)[O-])cc2)c2c1[C@@H](c1cccc(Cl)c1Cl)N1C(=N2)C(=O)Nc2ccccc21. The summed E-state index contributed by atoms with van der Waals surface area (Å²) in [6, 6.07) is 18.2. The largest absolute Gasteiger partial charge is 0.317 e. The van der Waals surface area contributed by atoms with Crippen LogP contribution in [0.2, 0.25) is 10.0 Å². The highest BCUT2D eigenvalue weighted by Crippen LogP contribution is 2.49. The third-order valence-corrected chi connectivity index (χ3v) is 7.08. The van der Waals surface area contributed by atoms with Gasteiger partial charge < -0.3 is 10.2 Å². The molecule has 6 rings (SSSR count). The van der Waals surface area contributed by atoms with Crippen LogP contribution in [0.4, 0.5) is 22.9 Å². The number of carbonyl (C=O) groups is 1. The van der Waals surface area contributed by atoms with Gasteiger partial charge in [-0.2, -0.15) is 5.10 Å². The van der Waals surface area contributed by atoms with Crippen LogP contribution in [0.25, 0.3) is 5.69 Å². The molecule has 1 atom stereocenters. The van der Waals surface area contributed by atoms with Crippen LogP contribution in [0.1, 0.15) is 22.9 Å². The number of benzene rings is 3. The standard InChI is InChI=1S/C25H16Cl2N6O3/c1-13-20-22(16-5-4-6-17(26)21(16)27)31-19-8-3-2-7-18(19)28-25(34)24(31)29-23(20)32(30-13)14-9-11-15(12-10-14)33(35)36/h2-12,22H,1H3,(H,28,34)/t22-/m1/s1. The molecule has 0 fully saturated rings. The minimum absolute atomic E-state index is 0.0409. The van der Waals surface area contributed by atoms with E-state index in [-0.39, 0.29) is 17.4 Å². The Morgan fingerprint density at radius 3 is 2.53 bits per heavy atom. The second kappa shape index (κ2) is 8.18. The van der Waals surface area contributed by atoms with Gasteiger partial charge in [0.05, 0.1) is 43.8 Å². The van der Waals surface area contributed by atoms with Crippen LogP contribution in [-0.4, -0.2) is 26.4 Å². The number of nitrogens with one attached hydrogen (secondary N) is 1. The lowest BCUT2D eigenvalue weighted by Crippen LogP contribution is -2.48. The van der Waals surface area contributed by atoms with E-state index in [1.54, 1.807) is 28.9 Å². The molecule has 4 aromatic rings. The predicted octanol–water partition coefficient (Wildman–Crippen LogP) is 5.99. The average Bonchev–Trinajstić information content (AvgIpc) is 3.21. The van der Waals surface area contributed by atoms with E-state index in [1.165, 1.54) is 12.1 Å². The highest BCUT2D eigenvalue weighted by atomic mass is 35.5. The molecule has 36 heavy (non-hydrogen) atoms. The predicted molar refractivity (Wildman–Crippen MR) is 138 cm³/mol. The Labute approximate surface area is 214 Å². The van der Waals surface area contributed by atoms with Crippen molar-refractivity contribution in [3.63, 3.8) is 0 Å². The average molecular weight is 519 g/mol. The molecule has 1 N–H and O–H groups in total. The van der Waals surface area contributed by atoms with Crippen LogP contribution < -0.4 is 10.2 Å². The molecule has 1 amide bonds. The molecule has 0 spiro atoms. The molecule has 178 valence electrons. The van der Waals surface area contributed by atoms with E-state index in [0.29, 0.717) is 38.5 Å². The van der Waals surface area contributed by atoms with Gasteiger partial charge in [-0.1, -0.05) is 47.5 Å². The van der Waals surface area contributed by atoms with Crippen molar-refractivity contribution in [1.29, 1.82) is 0 Å².